The first-order valence-corrected chi connectivity index (χ1v) is 10.3. The number of hydrogen-bond acceptors (Lipinski definition) is 6. The van der Waals surface area contributed by atoms with Gasteiger partial charge in [0.25, 0.3) is 0 Å². The molecule has 0 heterocycles. The van der Waals surface area contributed by atoms with Gasteiger partial charge in [0, 0.05) is 6.42 Å². The van der Waals surface area contributed by atoms with Gasteiger partial charge in [-0.2, -0.15) is 0 Å². The minimum atomic E-state index is -1.38. The smallest absolute Gasteiger partial charge is 0.322 e. The van der Waals surface area contributed by atoms with E-state index in [1.54, 1.807) is 24.3 Å². The van der Waals surface area contributed by atoms with Gasteiger partial charge < -0.3 is 31.9 Å². The second-order valence-corrected chi connectivity index (χ2v) is 7.40. The number of nitrogens with two attached hydrogens (primary N) is 1. The van der Waals surface area contributed by atoms with Gasteiger partial charge in [0.2, 0.25) is 17.7 Å². The van der Waals surface area contributed by atoms with Gasteiger partial charge in [-0.3, -0.25) is 19.2 Å². The average Bonchev–Trinajstić information content (AvgIpc) is 2.81. The van der Waals surface area contributed by atoms with Crippen molar-refractivity contribution in [1.29, 1.82) is 0 Å². The van der Waals surface area contributed by atoms with Gasteiger partial charge >= 0.3 is 5.97 Å². The number of rotatable bonds is 12. The van der Waals surface area contributed by atoms with Crippen LogP contribution < -0.4 is 21.7 Å². The van der Waals surface area contributed by atoms with Crippen molar-refractivity contribution in [2.45, 2.75) is 31.0 Å². The maximum atomic E-state index is 12.9. The van der Waals surface area contributed by atoms with E-state index in [9.17, 15) is 24.3 Å². The predicted molar refractivity (Wildman–Crippen MR) is 120 cm³/mol. The van der Waals surface area contributed by atoms with E-state index in [0.29, 0.717) is 0 Å². The molecule has 0 aliphatic carbocycles. The van der Waals surface area contributed by atoms with E-state index >= 15 is 0 Å². The van der Waals surface area contributed by atoms with Crippen LogP contribution in [-0.4, -0.2) is 65.2 Å². The summed E-state index contributed by atoms with van der Waals surface area (Å²) in [6.07, 6.45) is 0.384. The van der Waals surface area contributed by atoms with Crippen molar-refractivity contribution in [2.24, 2.45) is 5.73 Å². The van der Waals surface area contributed by atoms with E-state index in [4.69, 9.17) is 10.8 Å². The third-order valence-electron chi connectivity index (χ3n) is 4.78. The summed E-state index contributed by atoms with van der Waals surface area (Å²) in [5.74, 6) is -3.40. The number of nitrogens with one attached hydrogen (secondary N) is 3. The van der Waals surface area contributed by atoms with Gasteiger partial charge in [0.1, 0.15) is 18.6 Å². The highest BCUT2D eigenvalue weighted by Crippen LogP contribution is 2.06. The first kappa shape index (κ1) is 25.5. The maximum absolute atomic E-state index is 12.9. The molecule has 33 heavy (non-hydrogen) atoms. The predicted octanol–water partition coefficient (Wildman–Crippen LogP) is -1.04. The fraction of sp³-hybridized carbons (Fsp3) is 0.304. The first-order chi connectivity index (χ1) is 15.8. The SMILES string of the molecule is NC(Cc1ccccc1)C(=O)NC(Cc1ccccc1)C(=O)NC(CO)C(=O)NCC(=O)O. The molecule has 3 amide bonds. The minimum absolute atomic E-state index is 0.116. The van der Waals surface area contributed by atoms with Crippen molar-refractivity contribution < 1.29 is 29.4 Å². The number of carbonyl (C=O) groups is 4. The normalized spacial score (nSPS) is 13.3. The molecule has 2 aromatic carbocycles. The Balaban J connectivity index is 2.10. The molecule has 3 atom stereocenters. The molecule has 0 radical (unpaired) electrons. The number of aliphatic carboxylic acids is 1. The van der Waals surface area contributed by atoms with E-state index < -0.39 is 55.0 Å². The summed E-state index contributed by atoms with van der Waals surface area (Å²) < 4.78 is 0. The van der Waals surface area contributed by atoms with Crippen LogP contribution in [0.15, 0.2) is 60.7 Å². The minimum Gasteiger partial charge on any atom is -0.480 e. The number of amides is 3. The molecule has 2 aromatic rings. The third kappa shape index (κ3) is 8.71. The Hall–Kier alpha value is -3.76. The number of aliphatic hydroxyl groups excluding tert-OH is 1. The van der Waals surface area contributed by atoms with Crippen molar-refractivity contribution in [3.63, 3.8) is 0 Å². The Labute approximate surface area is 191 Å². The summed E-state index contributed by atoms with van der Waals surface area (Å²) in [6.45, 7) is -1.42. The van der Waals surface area contributed by atoms with Crippen LogP contribution in [0.3, 0.4) is 0 Å². The molecule has 10 heteroatoms. The van der Waals surface area contributed by atoms with Crippen LogP contribution in [0.2, 0.25) is 0 Å². The molecule has 0 bridgehead atoms. The molecule has 0 fully saturated rings. The fourth-order valence-electron chi connectivity index (χ4n) is 3.05. The standard InChI is InChI=1S/C23H28N4O6/c24-17(11-15-7-3-1-4-8-15)21(31)26-18(12-16-9-5-2-6-10-16)23(33)27-19(14-28)22(32)25-13-20(29)30/h1-10,17-19,28H,11-14,24H2,(H,25,32)(H,26,31)(H,27,33)(H,29,30). The molecule has 0 aliphatic rings. The molecule has 3 unspecified atom stereocenters. The van der Waals surface area contributed by atoms with E-state index in [2.05, 4.69) is 16.0 Å². The number of benzene rings is 2. The molecular weight excluding hydrogens is 428 g/mol. The Morgan fingerprint density at radius 1 is 0.758 bits per heavy atom. The van der Waals surface area contributed by atoms with Crippen LogP contribution in [0, 0.1) is 0 Å². The molecule has 2 rings (SSSR count). The number of aliphatic hydroxyl groups is 1. The van der Waals surface area contributed by atoms with Crippen LogP contribution >= 0.6 is 0 Å². The van der Waals surface area contributed by atoms with Crippen LogP contribution in [0.25, 0.3) is 0 Å². The second kappa shape index (κ2) is 12.9. The Kier molecular flexibility index (Phi) is 10.00. The van der Waals surface area contributed by atoms with Crippen LogP contribution in [0.4, 0.5) is 0 Å². The lowest BCUT2D eigenvalue weighted by Gasteiger charge is -2.23. The highest BCUT2D eigenvalue weighted by atomic mass is 16.4. The Morgan fingerprint density at radius 2 is 1.27 bits per heavy atom. The summed E-state index contributed by atoms with van der Waals surface area (Å²) in [6, 6.07) is 14.7. The fourth-order valence-corrected chi connectivity index (χ4v) is 3.05. The highest BCUT2D eigenvalue weighted by molar-refractivity contribution is 5.94. The highest BCUT2D eigenvalue weighted by Gasteiger charge is 2.28. The summed E-state index contributed by atoms with van der Waals surface area (Å²) in [7, 11) is 0. The van der Waals surface area contributed by atoms with Crippen molar-refractivity contribution in [1.82, 2.24) is 16.0 Å². The molecule has 176 valence electrons. The summed E-state index contributed by atoms with van der Waals surface area (Å²) in [4.78, 5) is 48.3. The van der Waals surface area contributed by atoms with Crippen molar-refractivity contribution >= 4 is 23.7 Å². The van der Waals surface area contributed by atoms with Crippen molar-refractivity contribution in [2.75, 3.05) is 13.2 Å². The number of carbonyl (C=O) groups excluding carboxylic acids is 3. The van der Waals surface area contributed by atoms with Gasteiger partial charge in [-0.05, 0) is 17.5 Å². The van der Waals surface area contributed by atoms with Crippen LogP contribution in [-0.2, 0) is 32.0 Å². The largest absolute Gasteiger partial charge is 0.480 e. The molecule has 0 aromatic heterocycles. The molecule has 7 N–H and O–H groups in total. The first-order valence-electron chi connectivity index (χ1n) is 10.3. The molecule has 0 saturated carbocycles. The lowest BCUT2D eigenvalue weighted by Crippen LogP contribution is -2.57. The molecule has 0 saturated heterocycles. The molecule has 10 nitrogen and oxygen atoms in total. The van der Waals surface area contributed by atoms with Gasteiger partial charge in [-0.25, -0.2) is 0 Å². The summed E-state index contributed by atoms with van der Waals surface area (Å²) in [5, 5.41) is 25.2. The van der Waals surface area contributed by atoms with Crippen molar-refractivity contribution in [3.8, 4) is 0 Å². The van der Waals surface area contributed by atoms with E-state index in [-0.39, 0.29) is 12.8 Å². The summed E-state index contributed by atoms with van der Waals surface area (Å²) in [5.41, 5.74) is 7.65. The van der Waals surface area contributed by atoms with Gasteiger partial charge in [0.05, 0.1) is 12.6 Å². The quantitative estimate of drug-likeness (QED) is 0.237. The molecule has 0 aliphatic heterocycles. The zero-order valence-corrected chi connectivity index (χ0v) is 17.9. The van der Waals surface area contributed by atoms with E-state index in [1.807, 2.05) is 36.4 Å². The third-order valence-corrected chi connectivity index (χ3v) is 4.78. The maximum Gasteiger partial charge on any atom is 0.322 e. The zero-order valence-electron chi connectivity index (χ0n) is 17.9. The monoisotopic (exact) mass is 456 g/mol. The molecular formula is C23H28N4O6. The van der Waals surface area contributed by atoms with Gasteiger partial charge in [-0.15, -0.1) is 0 Å². The van der Waals surface area contributed by atoms with E-state index in [1.165, 1.54) is 0 Å². The lowest BCUT2D eigenvalue weighted by molar-refractivity contribution is -0.138. The topological polar surface area (TPSA) is 171 Å². The van der Waals surface area contributed by atoms with Gasteiger partial charge in [0.15, 0.2) is 0 Å². The number of carboxylic acids is 1. The summed E-state index contributed by atoms with van der Waals surface area (Å²) >= 11 is 0. The average molecular weight is 456 g/mol. The van der Waals surface area contributed by atoms with Crippen LogP contribution in [0.5, 0.6) is 0 Å². The van der Waals surface area contributed by atoms with E-state index in [0.717, 1.165) is 11.1 Å². The lowest BCUT2D eigenvalue weighted by atomic mass is 10.0. The number of hydrogen-bond donors (Lipinski definition) is 6. The Bertz CT molecular complexity index is 938. The zero-order chi connectivity index (χ0) is 24.2. The van der Waals surface area contributed by atoms with Crippen molar-refractivity contribution in [3.05, 3.63) is 71.8 Å². The number of carboxylic acid groups (broad SMARTS) is 1. The Morgan fingerprint density at radius 3 is 1.79 bits per heavy atom. The van der Waals surface area contributed by atoms with Gasteiger partial charge in [-0.1, -0.05) is 60.7 Å². The molecule has 0 spiro atoms. The second-order valence-electron chi connectivity index (χ2n) is 7.40. The van der Waals surface area contributed by atoms with Crippen LogP contribution in [0.1, 0.15) is 11.1 Å².